The van der Waals surface area contributed by atoms with E-state index in [1.165, 1.54) is 12.1 Å². The molecule has 2 N–H and O–H groups in total. The van der Waals surface area contributed by atoms with Crippen molar-refractivity contribution in [1.29, 1.82) is 0 Å². The third kappa shape index (κ3) is 4.67. The second-order valence-electron chi connectivity index (χ2n) is 6.13. The Kier molecular flexibility index (Phi) is 5.63. The van der Waals surface area contributed by atoms with Gasteiger partial charge in [0.2, 0.25) is 0 Å². The van der Waals surface area contributed by atoms with Crippen molar-refractivity contribution in [3.63, 3.8) is 0 Å². The molecule has 0 unspecified atom stereocenters. The zero-order chi connectivity index (χ0) is 18.8. The standard InChI is InChI=1S/C15H21N3O6S/c1-3-17(9-15(19)20)12-6-10(7-12)16-13-5-4-11(18(21)22)8-14(13)25(2,23)24/h4-5,8,10,12,16H,3,6-7,9H2,1-2H3,(H,19,20). The highest BCUT2D eigenvalue weighted by atomic mass is 32.2. The molecule has 25 heavy (non-hydrogen) atoms. The van der Waals surface area contributed by atoms with Crippen LogP contribution in [0.3, 0.4) is 0 Å². The van der Waals surface area contributed by atoms with Crippen LogP contribution in [0.25, 0.3) is 0 Å². The highest BCUT2D eigenvalue weighted by Gasteiger charge is 2.34. The highest BCUT2D eigenvalue weighted by Crippen LogP contribution is 2.32. The lowest BCUT2D eigenvalue weighted by Crippen LogP contribution is -2.51. The number of nitro groups is 1. The van der Waals surface area contributed by atoms with Crippen molar-refractivity contribution < 1.29 is 23.2 Å². The molecule has 1 aliphatic rings. The molecule has 0 aromatic heterocycles. The summed E-state index contributed by atoms with van der Waals surface area (Å²) in [4.78, 5) is 22.8. The third-order valence-corrected chi connectivity index (χ3v) is 5.45. The Morgan fingerprint density at radius 1 is 1.44 bits per heavy atom. The maximum absolute atomic E-state index is 11.9. The molecule has 1 fully saturated rings. The fraction of sp³-hybridized carbons (Fsp3) is 0.533. The Balaban J connectivity index is 2.10. The summed E-state index contributed by atoms with van der Waals surface area (Å²) in [7, 11) is -3.62. The van der Waals surface area contributed by atoms with E-state index in [9.17, 15) is 23.3 Å². The number of carboxylic acids is 1. The van der Waals surface area contributed by atoms with Crippen LogP contribution in [-0.4, -0.2) is 60.7 Å². The van der Waals surface area contributed by atoms with Crippen molar-refractivity contribution >= 4 is 27.2 Å². The minimum absolute atomic E-state index is 0.00481. The third-order valence-electron chi connectivity index (χ3n) is 4.31. The smallest absolute Gasteiger partial charge is 0.317 e. The number of carbonyl (C=O) groups is 1. The summed E-state index contributed by atoms with van der Waals surface area (Å²) in [6.45, 7) is 2.48. The maximum Gasteiger partial charge on any atom is 0.317 e. The van der Waals surface area contributed by atoms with Crippen LogP contribution in [0.5, 0.6) is 0 Å². The van der Waals surface area contributed by atoms with Crippen LogP contribution in [0.15, 0.2) is 23.1 Å². The number of hydrogen-bond donors (Lipinski definition) is 2. The fourth-order valence-corrected chi connectivity index (χ4v) is 3.81. The van der Waals surface area contributed by atoms with E-state index in [1.807, 2.05) is 11.8 Å². The molecule has 2 rings (SSSR count). The molecule has 0 heterocycles. The molecule has 0 atom stereocenters. The van der Waals surface area contributed by atoms with Gasteiger partial charge in [-0.15, -0.1) is 0 Å². The first-order chi connectivity index (χ1) is 11.6. The van der Waals surface area contributed by atoms with E-state index in [2.05, 4.69) is 5.32 Å². The molecule has 0 bridgehead atoms. The fourth-order valence-electron chi connectivity index (χ4n) is 2.95. The summed E-state index contributed by atoms with van der Waals surface area (Å²) in [5.74, 6) is -0.881. The van der Waals surface area contributed by atoms with Gasteiger partial charge in [-0.25, -0.2) is 8.42 Å². The van der Waals surface area contributed by atoms with Gasteiger partial charge >= 0.3 is 5.97 Å². The first-order valence-corrected chi connectivity index (χ1v) is 9.71. The van der Waals surface area contributed by atoms with Crippen LogP contribution in [-0.2, 0) is 14.6 Å². The average molecular weight is 371 g/mol. The predicted octanol–water partition coefficient (Wildman–Crippen LogP) is 1.35. The average Bonchev–Trinajstić information content (AvgIpc) is 2.47. The van der Waals surface area contributed by atoms with Gasteiger partial charge in [0.1, 0.15) is 0 Å². The number of rotatable bonds is 8. The van der Waals surface area contributed by atoms with Gasteiger partial charge in [0.05, 0.1) is 22.1 Å². The van der Waals surface area contributed by atoms with Crippen LogP contribution in [0.4, 0.5) is 11.4 Å². The zero-order valence-corrected chi connectivity index (χ0v) is 14.8. The van der Waals surface area contributed by atoms with Crippen LogP contribution in [0.2, 0.25) is 0 Å². The van der Waals surface area contributed by atoms with Gasteiger partial charge in [0, 0.05) is 30.5 Å². The van der Waals surface area contributed by atoms with E-state index in [0.29, 0.717) is 25.1 Å². The number of nitrogens with zero attached hydrogens (tertiary/aromatic N) is 2. The highest BCUT2D eigenvalue weighted by molar-refractivity contribution is 7.90. The minimum atomic E-state index is -3.62. The first-order valence-electron chi connectivity index (χ1n) is 7.82. The van der Waals surface area contributed by atoms with E-state index in [4.69, 9.17) is 5.11 Å². The number of hydrogen-bond acceptors (Lipinski definition) is 7. The van der Waals surface area contributed by atoms with Crippen molar-refractivity contribution in [3.05, 3.63) is 28.3 Å². The Morgan fingerprint density at radius 3 is 2.56 bits per heavy atom. The largest absolute Gasteiger partial charge is 0.480 e. The normalized spacial score (nSPS) is 20.1. The lowest BCUT2D eigenvalue weighted by molar-refractivity contribution is -0.385. The Bertz CT molecular complexity index is 773. The lowest BCUT2D eigenvalue weighted by atomic mass is 9.85. The number of nitro benzene ring substituents is 1. The van der Waals surface area contributed by atoms with Crippen molar-refractivity contribution in [2.24, 2.45) is 0 Å². The zero-order valence-electron chi connectivity index (χ0n) is 14.0. The summed E-state index contributed by atoms with van der Waals surface area (Å²) in [6, 6.07) is 3.83. The summed E-state index contributed by atoms with van der Waals surface area (Å²) < 4.78 is 23.8. The van der Waals surface area contributed by atoms with E-state index in [1.54, 1.807) is 0 Å². The molecule has 0 aliphatic heterocycles. The van der Waals surface area contributed by atoms with Crippen molar-refractivity contribution in [3.8, 4) is 0 Å². The number of sulfone groups is 1. The monoisotopic (exact) mass is 371 g/mol. The van der Waals surface area contributed by atoms with Gasteiger partial charge in [0.15, 0.2) is 9.84 Å². The number of nitrogens with one attached hydrogen (secondary N) is 1. The maximum atomic E-state index is 11.9. The molecule has 1 saturated carbocycles. The molecule has 9 nitrogen and oxygen atoms in total. The molecular formula is C15H21N3O6S. The number of benzene rings is 1. The van der Waals surface area contributed by atoms with E-state index in [0.717, 1.165) is 12.3 Å². The second-order valence-corrected chi connectivity index (χ2v) is 8.12. The Morgan fingerprint density at radius 2 is 2.08 bits per heavy atom. The first kappa shape index (κ1) is 19.1. The number of non-ortho nitro benzene ring substituents is 1. The molecule has 0 amide bonds. The molecule has 10 heteroatoms. The van der Waals surface area contributed by atoms with Gasteiger partial charge in [-0.2, -0.15) is 0 Å². The molecule has 1 aliphatic carbocycles. The van der Waals surface area contributed by atoms with E-state index >= 15 is 0 Å². The number of anilines is 1. The predicted molar refractivity (Wildman–Crippen MR) is 91.5 cm³/mol. The molecule has 0 saturated heterocycles. The van der Waals surface area contributed by atoms with E-state index in [-0.39, 0.29) is 29.2 Å². The van der Waals surface area contributed by atoms with Crippen LogP contribution in [0.1, 0.15) is 19.8 Å². The van der Waals surface area contributed by atoms with Gasteiger partial charge in [-0.3, -0.25) is 19.8 Å². The molecule has 1 aromatic carbocycles. The van der Waals surface area contributed by atoms with Gasteiger partial charge in [-0.05, 0) is 25.5 Å². The van der Waals surface area contributed by atoms with Crippen LogP contribution in [0, 0.1) is 10.1 Å². The topological polar surface area (TPSA) is 130 Å². The van der Waals surface area contributed by atoms with Crippen LogP contribution < -0.4 is 5.32 Å². The molecule has 0 radical (unpaired) electrons. The number of carboxylic acid groups (broad SMARTS) is 1. The Labute approximate surface area is 145 Å². The molecule has 1 aromatic rings. The van der Waals surface area contributed by atoms with Gasteiger partial charge in [-0.1, -0.05) is 6.92 Å². The van der Waals surface area contributed by atoms with Crippen molar-refractivity contribution in [2.45, 2.75) is 36.7 Å². The summed E-state index contributed by atoms with van der Waals surface area (Å²) >= 11 is 0. The number of likely N-dealkylation sites (N-methyl/N-ethyl adjacent to an activating group) is 1. The quantitative estimate of drug-likeness (QED) is 0.517. The van der Waals surface area contributed by atoms with Crippen LogP contribution >= 0.6 is 0 Å². The summed E-state index contributed by atoms with van der Waals surface area (Å²) in [6.07, 6.45) is 2.37. The second kappa shape index (κ2) is 7.36. The Hall–Kier alpha value is -2.20. The minimum Gasteiger partial charge on any atom is -0.480 e. The lowest BCUT2D eigenvalue weighted by Gasteiger charge is -2.42. The van der Waals surface area contributed by atoms with Gasteiger partial charge < -0.3 is 10.4 Å². The SMILES string of the molecule is CCN(CC(=O)O)C1CC(Nc2ccc([N+](=O)[O-])cc2S(C)(=O)=O)C1. The number of aliphatic carboxylic acids is 1. The van der Waals surface area contributed by atoms with Crippen molar-refractivity contribution in [2.75, 3.05) is 24.7 Å². The summed E-state index contributed by atoms with van der Waals surface area (Å²) in [5, 5.41) is 22.9. The molecule has 0 spiro atoms. The van der Waals surface area contributed by atoms with Crippen molar-refractivity contribution in [1.82, 2.24) is 4.90 Å². The van der Waals surface area contributed by atoms with E-state index < -0.39 is 20.7 Å². The molecular weight excluding hydrogens is 350 g/mol. The molecule has 138 valence electrons. The van der Waals surface area contributed by atoms with Gasteiger partial charge in [0.25, 0.3) is 5.69 Å². The summed E-state index contributed by atoms with van der Waals surface area (Å²) in [5.41, 5.74) is 0.0499.